The van der Waals surface area contributed by atoms with E-state index in [2.05, 4.69) is 51.7 Å². The predicted octanol–water partition coefficient (Wildman–Crippen LogP) is 1.32. The van der Waals surface area contributed by atoms with Gasteiger partial charge in [0.25, 0.3) is 0 Å². The van der Waals surface area contributed by atoms with Crippen LogP contribution < -0.4 is 15.4 Å². The van der Waals surface area contributed by atoms with Crippen molar-refractivity contribution in [2.24, 2.45) is 4.99 Å². The van der Waals surface area contributed by atoms with Gasteiger partial charge < -0.3 is 10.6 Å². The fourth-order valence-electron chi connectivity index (χ4n) is 1.89. The minimum absolute atomic E-state index is 0.0882. The van der Waals surface area contributed by atoms with Crippen molar-refractivity contribution in [1.29, 1.82) is 0 Å². The van der Waals surface area contributed by atoms with Crippen molar-refractivity contribution in [3.63, 3.8) is 0 Å². The van der Waals surface area contributed by atoms with E-state index in [0.29, 0.717) is 25.6 Å². The van der Waals surface area contributed by atoms with Gasteiger partial charge >= 0.3 is 0 Å². The molecule has 0 unspecified atom stereocenters. The fourth-order valence-corrected chi connectivity index (χ4v) is 3.21. The van der Waals surface area contributed by atoms with E-state index in [1.165, 1.54) is 16.0 Å². The molecular weight excluding hydrogens is 332 g/mol. The standard InChI is InChI=1S/C15H26N4O2S2/c1-5-23(20,21)19-9-8-17-15(16-3)18-11-13-7-6-12(2)10-14(13)22-4/h6-7,10,19H,5,8-9,11H2,1-4H3,(H2,16,17,18). The maximum Gasteiger partial charge on any atom is 0.211 e. The molecule has 0 aliphatic rings. The molecule has 0 aromatic heterocycles. The van der Waals surface area contributed by atoms with Crippen molar-refractivity contribution < 1.29 is 8.42 Å². The van der Waals surface area contributed by atoms with Gasteiger partial charge in [0, 0.05) is 31.6 Å². The second-order valence-electron chi connectivity index (χ2n) is 4.97. The molecule has 23 heavy (non-hydrogen) atoms. The number of hydrogen-bond donors (Lipinski definition) is 3. The molecule has 1 rings (SSSR count). The Morgan fingerprint density at radius 3 is 2.61 bits per heavy atom. The SMILES string of the molecule is CCS(=O)(=O)NCCNC(=NC)NCc1ccc(C)cc1SC. The first kappa shape index (κ1) is 19.8. The molecule has 0 aliphatic carbocycles. The Bertz CT molecular complexity index is 630. The van der Waals surface area contributed by atoms with Crippen LogP contribution in [0.25, 0.3) is 0 Å². The maximum absolute atomic E-state index is 11.3. The first-order chi connectivity index (χ1) is 10.9. The van der Waals surface area contributed by atoms with Crippen LogP contribution in [0.4, 0.5) is 0 Å². The molecule has 0 heterocycles. The molecule has 0 saturated carbocycles. The van der Waals surface area contributed by atoms with Gasteiger partial charge in [0.2, 0.25) is 10.0 Å². The lowest BCUT2D eigenvalue weighted by molar-refractivity contribution is 0.582. The van der Waals surface area contributed by atoms with Crippen LogP contribution in [0.3, 0.4) is 0 Å². The largest absolute Gasteiger partial charge is 0.355 e. The topological polar surface area (TPSA) is 82.6 Å². The van der Waals surface area contributed by atoms with Gasteiger partial charge in [-0.05, 0) is 37.3 Å². The van der Waals surface area contributed by atoms with Gasteiger partial charge in [-0.3, -0.25) is 4.99 Å². The van der Waals surface area contributed by atoms with Crippen LogP contribution >= 0.6 is 11.8 Å². The highest BCUT2D eigenvalue weighted by Crippen LogP contribution is 2.21. The second kappa shape index (κ2) is 9.79. The lowest BCUT2D eigenvalue weighted by Gasteiger charge is -2.14. The van der Waals surface area contributed by atoms with E-state index in [0.717, 1.165) is 0 Å². The third-order valence-corrected chi connectivity index (χ3v) is 5.46. The number of sulfonamides is 1. The fraction of sp³-hybridized carbons (Fsp3) is 0.533. The highest BCUT2D eigenvalue weighted by atomic mass is 32.2. The number of hydrogen-bond acceptors (Lipinski definition) is 4. The molecule has 0 radical (unpaired) electrons. The third-order valence-electron chi connectivity index (χ3n) is 3.23. The van der Waals surface area contributed by atoms with Crippen molar-refractivity contribution >= 4 is 27.7 Å². The van der Waals surface area contributed by atoms with Crippen molar-refractivity contribution in [3.8, 4) is 0 Å². The molecule has 0 saturated heterocycles. The summed E-state index contributed by atoms with van der Waals surface area (Å²) in [4.78, 5) is 5.38. The molecule has 0 bridgehead atoms. The average molecular weight is 359 g/mol. The molecule has 1 aromatic rings. The number of aryl methyl sites for hydroxylation is 1. The second-order valence-corrected chi connectivity index (χ2v) is 7.91. The van der Waals surface area contributed by atoms with Crippen LogP contribution in [-0.2, 0) is 16.6 Å². The molecule has 0 atom stereocenters. The van der Waals surface area contributed by atoms with Crippen LogP contribution in [0.15, 0.2) is 28.1 Å². The lowest BCUT2D eigenvalue weighted by Crippen LogP contribution is -2.41. The zero-order chi connectivity index (χ0) is 17.3. The van der Waals surface area contributed by atoms with Crippen molar-refractivity contribution in [2.75, 3.05) is 32.1 Å². The van der Waals surface area contributed by atoms with Gasteiger partial charge in [-0.1, -0.05) is 12.1 Å². The molecule has 0 fully saturated rings. The summed E-state index contributed by atoms with van der Waals surface area (Å²) in [7, 11) is -1.45. The molecule has 0 aliphatic heterocycles. The zero-order valence-corrected chi connectivity index (χ0v) is 15.8. The molecule has 8 heteroatoms. The number of rotatable bonds is 8. The Labute approximate surface area is 143 Å². The van der Waals surface area contributed by atoms with Crippen LogP contribution in [0.5, 0.6) is 0 Å². The van der Waals surface area contributed by atoms with Gasteiger partial charge in [-0.15, -0.1) is 11.8 Å². The van der Waals surface area contributed by atoms with E-state index in [-0.39, 0.29) is 5.75 Å². The van der Waals surface area contributed by atoms with Gasteiger partial charge in [0.05, 0.1) is 5.75 Å². The Balaban J connectivity index is 2.46. The van der Waals surface area contributed by atoms with E-state index in [4.69, 9.17) is 0 Å². The molecule has 130 valence electrons. The Morgan fingerprint density at radius 2 is 2.00 bits per heavy atom. The Morgan fingerprint density at radius 1 is 1.26 bits per heavy atom. The number of benzene rings is 1. The summed E-state index contributed by atoms with van der Waals surface area (Å²) < 4.78 is 25.2. The van der Waals surface area contributed by atoms with E-state index in [1.807, 2.05) is 0 Å². The number of thioether (sulfide) groups is 1. The molecule has 3 N–H and O–H groups in total. The first-order valence-electron chi connectivity index (χ1n) is 7.47. The van der Waals surface area contributed by atoms with E-state index < -0.39 is 10.0 Å². The van der Waals surface area contributed by atoms with E-state index in [9.17, 15) is 8.42 Å². The number of nitrogens with zero attached hydrogens (tertiary/aromatic N) is 1. The zero-order valence-electron chi connectivity index (χ0n) is 14.1. The molecular formula is C15H26N4O2S2. The van der Waals surface area contributed by atoms with E-state index >= 15 is 0 Å². The average Bonchev–Trinajstić information content (AvgIpc) is 2.55. The van der Waals surface area contributed by atoms with Gasteiger partial charge in [0.15, 0.2) is 5.96 Å². The number of guanidine groups is 1. The summed E-state index contributed by atoms with van der Waals surface area (Å²) in [5.74, 6) is 0.735. The normalized spacial score (nSPS) is 12.3. The molecule has 1 aromatic carbocycles. The number of aliphatic imine (C=N–C) groups is 1. The van der Waals surface area contributed by atoms with Crippen LogP contribution in [0.1, 0.15) is 18.1 Å². The van der Waals surface area contributed by atoms with Gasteiger partial charge in [0.1, 0.15) is 0 Å². The van der Waals surface area contributed by atoms with Crippen LogP contribution in [0, 0.1) is 6.92 Å². The first-order valence-corrected chi connectivity index (χ1v) is 10.3. The number of nitrogens with one attached hydrogen (secondary N) is 3. The summed E-state index contributed by atoms with van der Waals surface area (Å²) in [6.45, 7) is 5.16. The Hall–Kier alpha value is -1.25. The van der Waals surface area contributed by atoms with Gasteiger partial charge in [-0.25, -0.2) is 13.1 Å². The predicted molar refractivity (Wildman–Crippen MR) is 98.6 cm³/mol. The minimum atomic E-state index is -3.15. The van der Waals surface area contributed by atoms with Crippen molar-refractivity contribution in [3.05, 3.63) is 29.3 Å². The minimum Gasteiger partial charge on any atom is -0.355 e. The monoisotopic (exact) mass is 358 g/mol. The summed E-state index contributed by atoms with van der Waals surface area (Å²) in [5.41, 5.74) is 2.45. The summed E-state index contributed by atoms with van der Waals surface area (Å²) >= 11 is 1.72. The quantitative estimate of drug-likeness (QED) is 0.283. The highest BCUT2D eigenvalue weighted by molar-refractivity contribution is 7.98. The molecule has 0 spiro atoms. The summed E-state index contributed by atoms with van der Waals surface area (Å²) in [6.07, 6.45) is 2.06. The van der Waals surface area contributed by atoms with Gasteiger partial charge in [-0.2, -0.15) is 0 Å². The molecule has 6 nitrogen and oxygen atoms in total. The van der Waals surface area contributed by atoms with Crippen LogP contribution in [0.2, 0.25) is 0 Å². The van der Waals surface area contributed by atoms with E-state index in [1.54, 1.807) is 25.7 Å². The molecule has 0 amide bonds. The van der Waals surface area contributed by atoms with Crippen molar-refractivity contribution in [2.45, 2.75) is 25.3 Å². The van der Waals surface area contributed by atoms with Crippen molar-refractivity contribution in [1.82, 2.24) is 15.4 Å². The maximum atomic E-state index is 11.3. The summed E-state index contributed by atoms with van der Waals surface area (Å²) in [5, 5.41) is 6.33. The third kappa shape index (κ3) is 7.24. The lowest BCUT2D eigenvalue weighted by atomic mass is 10.1. The Kier molecular flexibility index (Phi) is 8.43. The van der Waals surface area contributed by atoms with Crippen LogP contribution in [-0.4, -0.2) is 46.5 Å². The summed E-state index contributed by atoms with van der Waals surface area (Å²) in [6, 6.07) is 6.36. The smallest absolute Gasteiger partial charge is 0.211 e. The highest BCUT2D eigenvalue weighted by Gasteiger charge is 2.06.